The van der Waals surface area contributed by atoms with Crippen LogP contribution in [0.3, 0.4) is 0 Å². The van der Waals surface area contributed by atoms with Crippen molar-refractivity contribution in [3.05, 3.63) is 89.5 Å². The molecular formula is C44H64O3. The van der Waals surface area contributed by atoms with Gasteiger partial charge < -0.3 is 9.47 Å². The monoisotopic (exact) mass is 640 g/mol. The Morgan fingerprint density at radius 1 is 0.532 bits per heavy atom. The summed E-state index contributed by atoms with van der Waals surface area (Å²) in [5.74, 6) is 0.208. The minimum absolute atomic E-state index is 0.00875. The highest BCUT2D eigenvalue weighted by atomic mass is 16.5. The van der Waals surface area contributed by atoms with Gasteiger partial charge in [-0.05, 0) is 72.7 Å². The van der Waals surface area contributed by atoms with Crippen LogP contribution in [0.1, 0.15) is 170 Å². The van der Waals surface area contributed by atoms with Gasteiger partial charge in [0, 0.05) is 6.61 Å². The van der Waals surface area contributed by atoms with Gasteiger partial charge in [0.15, 0.2) is 0 Å². The molecule has 0 bridgehead atoms. The Kier molecular flexibility index (Phi) is 19.9. The van der Waals surface area contributed by atoms with Gasteiger partial charge in [-0.3, -0.25) is 0 Å². The fraction of sp³-hybridized carbons (Fsp3) is 0.568. The largest absolute Gasteiger partial charge is 0.423 e. The van der Waals surface area contributed by atoms with E-state index in [1.54, 1.807) is 0 Å². The van der Waals surface area contributed by atoms with Gasteiger partial charge in [0.05, 0.1) is 11.7 Å². The first-order chi connectivity index (χ1) is 23.1. The van der Waals surface area contributed by atoms with Gasteiger partial charge >= 0.3 is 5.97 Å². The minimum Gasteiger partial charge on any atom is -0.423 e. The maximum absolute atomic E-state index is 12.8. The third-order valence-corrected chi connectivity index (χ3v) is 9.40. The van der Waals surface area contributed by atoms with Crippen molar-refractivity contribution >= 4 is 5.97 Å². The summed E-state index contributed by atoms with van der Waals surface area (Å²) in [7, 11) is 0. The highest BCUT2D eigenvalue weighted by Gasteiger charge is 2.12. The molecule has 0 aliphatic rings. The van der Waals surface area contributed by atoms with E-state index in [2.05, 4.69) is 45.0 Å². The lowest BCUT2D eigenvalue weighted by molar-refractivity contribution is 0.0626. The van der Waals surface area contributed by atoms with E-state index in [1.807, 2.05) is 48.5 Å². The normalized spacial score (nSPS) is 11.9. The third-order valence-electron chi connectivity index (χ3n) is 9.40. The SMILES string of the molecule is CCCCCCCCCCCCCCCCOC(C)c1ccc(C(=O)Oc2ccc(-c3ccc(CCCCCCC)cc3)cc2)cc1. The summed E-state index contributed by atoms with van der Waals surface area (Å²) in [4.78, 5) is 12.8. The van der Waals surface area contributed by atoms with E-state index >= 15 is 0 Å². The molecule has 0 aromatic heterocycles. The molecule has 0 fully saturated rings. The first kappa shape index (κ1) is 38.5. The lowest BCUT2D eigenvalue weighted by atomic mass is 10.0. The zero-order valence-corrected chi connectivity index (χ0v) is 30.1. The number of rotatable bonds is 26. The first-order valence-electron chi connectivity index (χ1n) is 19.2. The smallest absolute Gasteiger partial charge is 0.343 e. The molecular weight excluding hydrogens is 576 g/mol. The standard InChI is InChI=1S/C44H64O3/c1-4-6-8-10-11-12-13-14-15-16-17-18-20-22-36-46-37(3)39-28-30-42(31-29-39)44(45)47-43-34-32-41(33-35-43)40-26-24-38(25-27-40)23-21-19-9-7-5-2/h24-35,37H,4-23,36H2,1-3H3. The van der Waals surface area contributed by atoms with E-state index in [-0.39, 0.29) is 12.1 Å². The molecule has 0 aliphatic carbocycles. The summed E-state index contributed by atoms with van der Waals surface area (Å²) < 4.78 is 11.8. The topological polar surface area (TPSA) is 35.5 Å². The van der Waals surface area contributed by atoms with Crippen LogP contribution in [-0.4, -0.2) is 12.6 Å². The summed E-state index contributed by atoms with van der Waals surface area (Å²) in [6.07, 6.45) is 26.7. The second-order valence-corrected chi connectivity index (χ2v) is 13.5. The van der Waals surface area contributed by atoms with Crippen molar-refractivity contribution in [3.8, 4) is 16.9 Å². The molecule has 0 heterocycles. The molecule has 3 rings (SSSR count). The second-order valence-electron chi connectivity index (χ2n) is 13.5. The molecule has 3 aromatic rings. The molecule has 47 heavy (non-hydrogen) atoms. The Morgan fingerprint density at radius 3 is 1.49 bits per heavy atom. The lowest BCUT2D eigenvalue weighted by Gasteiger charge is -2.14. The quantitative estimate of drug-likeness (QED) is 0.0497. The Balaban J connectivity index is 1.27. The number of carbonyl (C=O) groups excluding carboxylic acids is 1. The highest BCUT2D eigenvalue weighted by Crippen LogP contribution is 2.25. The maximum atomic E-state index is 12.8. The summed E-state index contributed by atoms with van der Waals surface area (Å²) in [6.45, 7) is 7.40. The van der Waals surface area contributed by atoms with Crippen molar-refractivity contribution in [3.63, 3.8) is 0 Å². The predicted octanol–water partition coefficient (Wildman–Crippen LogP) is 13.6. The molecule has 3 aromatic carbocycles. The maximum Gasteiger partial charge on any atom is 0.343 e. The fourth-order valence-electron chi connectivity index (χ4n) is 6.22. The molecule has 3 nitrogen and oxygen atoms in total. The van der Waals surface area contributed by atoms with Crippen LogP contribution in [0.5, 0.6) is 5.75 Å². The van der Waals surface area contributed by atoms with Crippen molar-refractivity contribution in [2.24, 2.45) is 0 Å². The van der Waals surface area contributed by atoms with Gasteiger partial charge in [-0.15, -0.1) is 0 Å². The molecule has 258 valence electrons. The van der Waals surface area contributed by atoms with Gasteiger partial charge in [-0.2, -0.15) is 0 Å². The number of hydrogen-bond donors (Lipinski definition) is 0. The number of carbonyl (C=O) groups is 1. The van der Waals surface area contributed by atoms with Crippen molar-refractivity contribution in [2.75, 3.05) is 6.61 Å². The van der Waals surface area contributed by atoms with Crippen molar-refractivity contribution in [1.82, 2.24) is 0 Å². The van der Waals surface area contributed by atoms with E-state index in [0.29, 0.717) is 11.3 Å². The number of unbranched alkanes of at least 4 members (excludes halogenated alkanes) is 17. The van der Waals surface area contributed by atoms with E-state index in [9.17, 15) is 4.79 Å². The summed E-state index contributed by atoms with van der Waals surface area (Å²) in [5.41, 5.74) is 5.31. The van der Waals surface area contributed by atoms with Crippen LogP contribution in [0.4, 0.5) is 0 Å². The van der Waals surface area contributed by atoms with Crippen LogP contribution in [0.2, 0.25) is 0 Å². The van der Waals surface area contributed by atoms with Crippen LogP contribution in [0.25, 0.3) is 11.1 Å². The molecule has 0 radical (unpaired) electrons. The molecule has 1 atom stereocenters. The van der Waals surface area contributed by atoms with Crippen molar-refractivity contribution < 1.29 is 14.3 Å². The predicted molar refractivity (Wildman–Crippen MR) is 200 cm³/mol. The van der Waals surface area contributed by atoms with Gasteiger partial charge in [0.25, 0.3) is 0 Å². The van der Waals surface area contributed by atoms with Crippen LogP contribution < -0.4 is 4.74 Å². The van der Waals surface area contributed by atoms with Crippen LogP contribution in [0.15, 0.2) is 72.8 Å². The molecule has 0 saturated heterocycles. The molecule has 1 unspecified atom stereocenters. The van der Waals surface area contributed by atoms with Crippen LogP contribution in [0, 0.1) is 0 Å². The summed E-state index contributed by atoms with van der Waals surface area (Å²) >= 11 is 0. The number of ether oxygens (including phenoxy) is 2. The average Bonchev–Trinajstić information content (AvgIpc) is 3.10. The molecule has 0 aliphatic heterocycles. The zero-order valence-electron chi connectivity index (χ0n) is 30.1. The zero-order chi connectivity index (χ0) is 33.4. The second kappa shape index (κ2) is 24.3. The van der Waals surface area contributed by atoms with Crippen LogP contribution in [-0.2, 0) is 11.2 Å². The van der Waals surface area contributed by atoms with E-state index in [4.69, 9.17) is 9.47 Å². The van der Waals surface area contributed by atoms with Crippen molar-refractivity contribution in [2.45, 2.75) is 155 Å². The lowest BCUT2D eigenvalue weighted by Crippen LogP contribution is -2.09. The first-order valence-corrected chi connectivity index (χ1v) is 19.2. The Morgan fingerprint density at radius 2 is 0.979 bits per heavy atom. The Labute approximate surface area is 287 Å². The average molecular weight is 641 g/mol. The van der Waals surface area contributed by atoms with E-state index in [1.165, 1.54) is 127 Å². The highest BCUT2D eigenvalue weighted by molar-refractivity contribution is 5.91. The number of aryl methyl sites for hydroxylation is 1. The van der Waals surface area contributed by atoms with Gasteiger partial charge in [0.2, 0.25) is 0 Å². The van der Waals surface area contributed by atoms with Gasteiger partial charge in [-0.25, -0.2) is 4.79 Å². The number of benzene rings is 3. The van der Waals surface area contributed by atoms with Crippen molar-refractivity contribution in [1.29, 1.82) is 0 Å². The Hall–Kier alpha value is -2.91. The van der Waals surface area contributed by atoms with E-state index in [0.717, 1.165) is 30.6 Å². The third kappa shape index (κ3) is 16.2. The molecule has 0 saturated carbocycles. The molecule has 3 heteroatoms. The Bertz CT molecular complexity index is 1200. The number of hydrogen-bond acceptors (Lipinski definition) is 3. The van der Waals surface area contributed by atoms with Gasteiger partial charge in [-0.1, -0.05) is 172 Å². The molecule has 0 N–H and O–H groups in total. The molecule has 0 amide bonds. The minimum atomic E-state index is -0.344. The number of esters is 1. The summed E-state index contributed by atoms with van der Waals surface area (Å²) in [5, 5.41) is 0. The van der Waals surface area contributed by atoms with Gasteiger partial charge in [0.1, 0.15) is 5.75 Å². The fourth-order valence-corrected chi connectivity index (χ4v) is 6.22. The summed E-state index contributed by atoms with van der Waals surface area (Å²) in [6, 6.07) is 24.3. The van der Waals surface area contributed by atoms with E-state index < -0.39 is 0 Å². The van der Waals surface area contributed by atoms with Crippen LogP contribution >= 0.6 is 0 Å². The molecule has 0 spiro atoms.